The molecule has 98 valence electrons. The van der Waals surface area contributed by atoms with Gasteiger partial charge in [0.15, 0.2) is 0 Å². The molecule has 0 radical (unpaired) electrons. The zero-order chi connectivity index (χ0) is 13.7. The van der Waals surface area contributed by atoms with E-state index in [0.29, 0.717) is 18.0 Å². The van der Waals surface area contributed by atoms with Crippen LogP contribution in [-0.4, -0.2) is 5.88 Å². The topological polar surface area (TPSA) is 55.4 Å². The first-order valence-electron chi connectivity index (χ1n) is 5.76. The molecule has 2 aromatic carbocycles. The average Bonchev–Trinajstić information content (AvgIpc) is 2.42. The molecule has 0 aliphatic heterocycles. The Morgan fingerprint density at radius 1 is 1.21 bits per heavy atom. The van der Waals surface area contributed by atoms with E-state index in [-0.39, 0.29) is 5.82 Å². The smallest absolute Gasteiger partial charge is 0.123 e. The van der Waals surface area contributed by atoms with Gasteiger partial charge in [-0.2, -0.15) is 0 Å². The Labute approximate surface area is 115 Å². The summed E-state index contributed by atoms with van der Waals surface area (Å²) in [5.74, 6) is 0.162. The fourth-order valence-electron chi connectivity index (χ4n) is 1.86. The van der Waals surface area contributed by atoms with Gasteiger partial charge in [0.25, 0.3) is 0 Å². The lowest BCUT2D eigenvalue weighted by Gasteiger charge is -2.09. The van der Waals surface area contributed by atoms with Crippen LogP contribution in [0.5, 0.6) is 0 Å². The number of hydrogen-bond acceptors (Lipinski definition) is 4. The summed E-state index contributed by atoms with van der Waals surface area (Å²) in [6.45, 7) is 0. The highest BCUT2D eigenvalue weighted by atomic mass is 32.2. The molecule has 0 aliphatic carbocycles. The molecule has 2 N–H and O–H groups in total. The maximum atomic E-state index is 13.3. The van der Waals surface area contributed by atoms with Gasteiger partial charge in [0.1, 0.15) is 11.5 Å². The summed E-state index contributed by atoms with van der Waals surface area (Å²) >= 11 is 1.47. The second kappa shape index (κ2) is 6.45. The molecule has 0 saturated heterocycles. The summed E-state index contributed by atoms with van der Waals surface area (Å²) in [7, 11) is 0. The van der Waals surface area contributed by atoms with E-state index in [2.05, 4.69) is 5.18 Å². The summed E-state index contributed by atoms with van der Waals surface area (Å²) in [4.78, 5) is 11.5. The van der Waals surface area contributed by atoms with Crippen LogP contribution >= 0.6 is 11.8 Å². The summed E-state index contributed by atoms with van der Waals surface area (Å²) in [6, 6.07) is 11.6. The van der Waals surface area contributed by atoms with E-state index >= 15 is 0 Å². The Kier molecular flexibility index (Phi) is 4.65. The van der Waals surface area contributed by atoms with Crippen molar-refractivity contribution < 1.29 is 4.39 Å². The second-order valence-corrected chi connectivity index (χ2v) is 5.06. The van der Waals surface area contributed by atoms with Crippen molar-refractivity contribution in [2.75, 3.05) is 5.88 Å². The van der Waals surface area contributed by atoms with Crippen molar-refractivity contribution in [3.8, 4) is 0 Å². The van der Waals surface area contributed by atoms with Crippen LogP contribution in [-0.2, 0) is 6.42 Å². The molecular formula is C14H13FN2OS. The van der Waals surface area contributed by atoms with Crippen molar-refractivity contribution in [2.24, 2.45) is 10.9 Å². The van der Waals surface area contributed by atoms with Gasteiger partial charge < -0.3 is 5.73 Å². The molecule has 0 bridgehead atoms. The highest BCUT2D eigenvalue weighted by Gasteiger charge is 2.06. The Bertz CT molecular complexity index is 589. The standard InChI is InChI=1S/C14H13FN2OS/c15-12-4-5-14(19-9-16)11(8-12)6-10-2-1-3-13(7-10)17-18/h1-5,7-8H,6,9,16H2. The number of nitrogens with zero attached hydrogens (tertiary/aromatic N) is 1. The normalized spacial score (nSPS) is 10.4. The van der Waals surface area contributed by atoms with Gasteiger partial charge in [-0.15, -0.1) is 16.7 Å². The summed E-state index contributed by atoms with van der Waals surface area (Å²) in [6.07, 6.45) is 0.545. The number of nitroso groups, excluding NO2 is 1. The fraction of sp³-hybridized carbons (Fsp3) is 0.143. The molecule has 0 fully saturated rings. The largest absolute Gasteiger partial charge is 0.322 e. The van der Waals surface area contributed by atoms with Gasteiger partial charge in [0.2, 0.25) is 0 Å². The molecule has 5 heteroatoms. The zero-order valence-electron chi connectivity index (χ0n) is 10.2. The number of rotatable bonds is 5. The molecule has 0 unspecified atom stereocenters. The van der Waals surface area contributed by atoms with Gasteiger partial charge in [-0.25, -0.2) is 4.39 Å². The van der Waals surface area contributed by atoms with Crippen LogP contribution in [0, 0.1) is 10.7 Å². The SMILES string of the molecule is NCSc1ccc(F)cc1Cc1cccc(N=O)c1. The van der Waals surface area contributed by atoms with E-state index in [0.717, 1.165) is 16.0 Å². The summed E-state index contributed by atoms with van der Waals surface area (Å²) in [5, 5.41) is 2.90. The Morgan fingerprint density at radius 3 is 2.79 bits per heavy atom. The van der Waals surface area contributed by atoms with Crippen molar-refractivity contribution in [3.63, 3.8) is 0 Å². The second-order valence-electron chi connectivity index (χ2n) is 4.00. The van der Waals surface area contributed by atoms with Gasteiger partial charge in [0, 0.05) is 10.8 Å². The summed E-state index contributed by atoms with van der Waals surface area (Å²) in [5.41, 5.74) is 7.67. The molecule has 19 heavy (non-hydrogen) atoms. The third kappa shape index (κ3) is 3.62. The van der Waals surface area contributed by atoms with Crippen LogP contribution in [0.1, 0.15) is 11.1 Å². The van der Waals surface area contributed by atoms with Crippen molar-refractivity contribution >= 4 is 17.4 Å². The molecule has 0 aromatic heterocycles. The van der Waals surface area contributed by atoms with E-state index in [1.54, 1.807) is 24.3 Å². The van der Waals surface area contributed by atoms with Gasteiger partial charge in [-0.3, -0.25) is 0 Å². The third-order valence-corrected chi connectivity index (χ3v) is 3.55. The van der Waals surface area contributed by atoms with Crippen LogP contribution in [0.3, 0.4) is 0 Å². The van der Waals surface area contributed by atoms with Crippen LogP contribution in [0.15, 0.2) is 52.5 Å². The van der Waals surface area contributed by atoms with E-state index < -0.39 is 0 Å². The van der Waals surface area contributed by atoms with Gasteiger partial charge >= 0.3 is 0 Å². The predicted molar refractivity (Wildman–Crippen MR) is 76.0 cm³/mol. The first-order chi connectivity index (χ1) is 9.22. The van der Waals surface area contributed by atoms with Gasteiger partial charge in [-0.05, 0) is 53.1 Å². The maximum absolute atomic E-state index is 13.3. The molecule has 0 heterocycles. The van der Waals surface area contributed by atoms with E-state index in [4.69, 9.17) is 5.73 Å². The predicted octanol–water partition coefficient (Wildman–Crippen LogP) is 3.82. The minimum atomic E-state index is -0.277. The van der Waals surface area contributed by atoms with Gasteiger partial charge in [-0.1, -0.05) is 12.1 Å². The molecule has 3 nitrogen and oxygen atoms in total. The lowest BCUT2D eigenvalue weighted by molar-refractivity contribution is 0.624. The first-order valence-corrected chi connectivity index (χ1v) is 6.75. The molecule has 0 atom stereocenters. The molecule has 2 aromatic rings. The first kappa shape index (κ1) is 13.7. The lowest BCUT2D eigenvalue weighted by Crippen LogP contribution is -1.97. The maximum Gasteiger partial charge on any atom is 0.123 e. The molecule has 0 amide bonds. The average molecular weight is 276 g/mol. The van der Waals surface area contributed by atoms with Gasteiger partial charge in [0.05, 0.1) is 0 Å². The number of halogens is 1. The highest BCUT2D eigenvalue weighted by molar-refractivity contribution is 7.99. The Hall–Kier alpha value is -1.72. The van der Waals surface area contributed by atoms with E-state index in [9.17, 15) is 9.30 Å². The minimum absolute atomic E-state index is 0.277. The van der Waals surface area contributed by atoms with Crippen molar-refractivity contribution in [1.82, 2.24) is 0 Å². The van der Waals surface area contributed by atoms with Crippen LogP contribution in [0.4, 0.5) is 10.1 Å². The zero-order valence-corrected chi connectivity index (χ0v) is 11.0. The van der Waals surface area contributed by atoms with Crippen LogP contribution in [0.25, 0.3) is 0 Å². The number of benzene rings is 2. The molecule has 0 aliphatic rings. The Balaban J connectivity index is 2.30. The molecule has 2 rings (SSSR count). The van der Waals surface area contributed by atoms with Crippen molar-refractivity contribution in [2.45, 2.75) is 11.3 Å². The number of thioether (sulfide) groups is 1. The quantitative estimate of drug-likeness (QED) is 0.513. The minimum Gasteiger partial charge on any atom is -0.322 e. The molecule has 0 saturated carbocycles. The Morgan fingerprint density at radius 2 is 2.05 bits per heavy atom. The highest BCUT2D eigenvalue weighted by Crippen LogP contribution is 2.26. The van der Waals surface area contributed by atoms with E-state index in [1.807, 2.05) is 6.07 Å². The van der Waals surface area contributed by atoms with E-state index in [1.165, 1.54) is 23.9 Å². The fourth-order valence-corrected chi connectivity index (χ4v) is 2.52. The van der Waals surface area contributed by atoms with Crippen LogP contribution < -0.4 is 5.73 Å². The van der Waals surface area contributed by atoms with Crippen molar-refractivity contribution in [3.05, 3.63) is 64.3 Å². The van der Waals surface area contributed by atoms with Crippen LogP contribution in [0.2, 0.25) is 0 Å². The third-order valence-electron chi connectivity index (χ3n) is 2.67. The molecule has 0 spiro atoms. The summed E-state index contributed by atoms with van der Waals surface area (Å²) < 4.78 is 13.3. The molecular weight excluding hydrogens is 263 g/mol. The lowest BCUT2D eigenvalue weighted by atomic mass is 10.0. The van der Waals surface area contributed by atoms with Crippen molar-refractivity contribution in [1.29, 1.82) is 0 Å². The number of hydrogen-bond donors (Lipinski definition) is 1. The monoisotopic (exact) mass is 276 g/mol. The number of nitrogens with two attached hydrogens (primary N) is 1.